The molecule has 0 aromatic heterocycles. The molecule has 1 N–H and O–H groups in total. The highest BCUT2D eigenvalue weighted by Gasteiger charge is 2.39. The molecule has 0 unspecified atom stereocenters. The van der Waals surface area contributed by atoms with Crippen molar-refractivity contribution in [2.45, 2.75) is 37.4 Å². The molecule has 2 aliphatic heterocycles. The van der Waals surface area contributed by atoms with Crippen LogP contribution in [0.4, 0.5) is 8.78 Å². The fraction of sp³-hybridized carbons (Fsp3) is 0.562. The molecule has 6 heteroatoms. The maximum atomic E-state index is 13.5. The van der Waals surface area contributed by atoms with Crippen molar-refractivity contribution < 1.29 is 13.6 Å². The van der Waals surface area contributed by atoms with Crippen molar-refractivity contribution in [3.63, 3.8) is 0 Å². The van der Waals surface area contributed by atoms with Gasteiger partial charge < -0.3 is 10.2 Å². The van der Waals surface area contributed by atoms with Crippen LogP contribution in [0.3, 0.4) is 0 Å². The van der Waals surface area contributed by atoms with E-state index in [0.717, 1.165) is 30.4 Å². The highest BCUT2D eigenvalue weighted by Crippen LogP contribution is 2.33. The van der Waals surface area contributed by atoms with Crippen LogP contribution in [0.25, 0.3) is 0 Å². The number of thioether (sulfide) groups is 1. The summed E-state index contributed by atoms with van der Waals surface area (Å²) in [6.07, 6.45) is 2.58. The molecule has 2 saturated heterocycles. The van der Waals surface area contributed by atoms with Gasteiger partial charge in [-0.3, -0.25) is 4.79 Å². The molecule has 0 radical (unpaired) electrons. The number of hydrogen-bond acceptors (Lipinski definition) is 3. The molecule has 1 amide bonds. The number of likely N-dealkylation sites (N-methyl/N-ethyl adjacent to an activating group) is 1. The van der Waals surface area contributed by atoms with Crippen LogP contribution in [0.5, 0.6) is 0 Å². The first-order valence-electron chi connectivity index (χ1n) is 7.60. The van der Waals surface area contributed by atoms with Crippen molar-refractivity contribution in [1.82, 2.24) is 10.2 Å². The monoisotopic (exact) mass is 326 g/mol. The molecule has 3 rings (SSSR count). The van der Waals surface area contributed by atoms with E-state index in [1.54, 1.807) is 18.0 Å². The average Bonchev–Trinajstić information content (AvgIpc) is 2.78. The minimum absolute atomic E-state index is 0.0393. The molecule has 2 fully saturated rings. The summed E-state index contributed by atoms with van der Waals surface area (Å²) in [5, 5.41) is 3.57. The standard InChI is InChI=1S/C16H20F2N2OS/c1-20-15(21)9-14(19-11-4-6-22-7-5-11)16(20)10-2-3-12(17)13(18)8-10/h2-3,8,11,14,16,19H,4-7,9H2,1H3/t14-,16+/m0/s1. The van der Waals surface area contributed by atoms with Gasteiger partial charge in [0.15, 0.2) is 11.6 Å². The highest BCUT2D eigenvalue weighted by atomic mass is 32.2. The molecule has 1 aromatic rings. The van der Waals surface area contributed by atoms with Crippen molar-refractivity contribution in [1.29, 1.82) is 0 Å². The molecule has 1 aromatic carbocycles. The van der Waals surface area contributed by atoms with Gasteiger partial charge in [-0.15, -0.1) is 0 Å². The zero-order valence-corrected chi connectivity index (χ0v) is 13.3. The predicted molar refractivity (Wildman–Crippen MR) is 83.8 cm³/mol. The van der Waals surface area contributed by atoms with Crippen molar-refractivity contribution in [3.8, 4) is 0 Å². The molecule has 0 bridgehead atoms. The molecule has 120 valence electrons. The normalized spacial score (nSPS) is 26.7. The quantitative estimate of drug-likeness (QED) is 0.927. The van der Waals surface area contributed by atoms with Crippen molar-refractivity contribution in [2.75, 3.05) is 18.6 Å². The number of nitrogens with one attached hydrogen (secondary N) is 1. The summed E-state index contributed by atoms with van der Waals surface area (Å²) in [5.41, 5.74) is 0.648. The van der Waals surface area contributed by atoms with Gasteiger partial charge in [0.25, 0.3) is 0 Å². The van der Waals surface area contributed by atoms with E-state index >= 15 is 0 Å². The van der Waals surface area contributed by atoms with E-state index in [0.29, 0.717) is 18.0 Å². The highest BCUT2D eigenvalue weighted by molar-refractivity contribution is 7.99. The Balaban J connectivity index is 1.81. The number of rotatable bonds is 3. The topological polar surface area (TPSA) is 32.3 Å². The second-order valence-electron chi connectivity index (χ2n) is 5.99. The third kappa shape index (κ3) is 3.13. The maximum absolute atomic E-state index is 13.5. The zero-order chi connectivity index (χ0) is 15.7. The van der Waals surface area contributed by atoms with Crippen LogP contribution in [0.1, 0.15) is 30.9 Å². The Morgan fingerprint density at radius 1 is 1.23 bits per heavy atom. The van der Waals surface area contributed by atoms with Gasteiger partial charge in [0, 0.05) is 25.6 Å². The Labute approximate surface area is 133 Å². The number of hydrogen-bond donors (Lipinski definition) is 1. The van der Waals surface area contributed by atoms with E-state index in [1.807, 2.05) is 11.8 Å². The Morgan fingerprint density at radius 3 is 2.64 bits per heavy atom. The lowest BCUT2D eigenvalue weighted by atomic mass is 9.98. The van der Waals surface area contributed by atoms with Gasteiger partial charge in [0.2, 0.25) is 5.91 Å². The predicted octanol–water partition coefficient (Wildman–Crippen LogP) is 2.72. The minimum Gasteiger partial charge on any atom is -0.337 e. The van der Waals surface area contributed by atoms with Crippen LogP contribution in [-0.2, 0) is 4.79 Å². The van der Waals surface area contributed by atoms with Crippen molar-refractivity contribution in [2.24, 2.45) is 0 Å². The third-order valence-electron chi connectivity index (χ3n) is 4.54. The Bertz CT molecular complexity index is 563. The lowest BCUT2D eigenvalue weighted by Gasteiger charge is -2.31. The van der Waals surface area contributed by atoms with Gasteiger partial charge in [-0.1, -0.05) is 6.07 Å². The molecule has 2 aliphatic rings. The molecular weight excluding hydrogens is 306 g/mol. The summed E-state index contributed by atoms with van der Waals surface area (Å²) in [6, 6.07) is 4.03. The number of benzene rings is 1. The van der Waals surface area contributed by atoms with Gasteiger partial charge in [0.05, 0.1) is 6.04 Å². The summed E-state index contributed by atoms with van der Waals surface area (Å²) in [7, 11) is 1.73. The number of halogens is 2. The van der Waals surface area contributed by atoms with E-state index in [9.17, 15) is 13.6 Å². The number of carbonyl (C=O) groups is 1. The fourth-order valence-corrected chi connectivity index (χ4v) is 4.44. The maximum Gasteiger partial charge on any atom is 0.224 e. The van der Waals surface area contributed by atoms with Crippen LogP contribution in [0.2, 0.25) is 0 Å². The second kappa shape index (κ2) is 6.54. The number of carbonyl (C=O) groups excluding carboxylic acids is 1. The van der Waals surface area contributed by atoms with Crippen LogP contribution in [-0.4, -0.2) is 41.4 Å². The lowest BCUT2D eigenvalue weighted by Crippen LogP contribution is -2.43. The largest absolute Gasteiger partial charge is 0.337 e. The van der Waals surface area contributed by atoms with E-state index in [4.69, 9.17) is 0 Å². The van der Waals surface area contributed by atoms with Crippen molar-refractivity contribution >= 4 is 17.7 Å². The molecule has 0 saturated carbocycles. The summed E-state index contributed by atoms with van der Waals surface area (Å²) < 4.78 is 26.7. The SMILES string of the molecule is CN1C(=O)C[C@H](NC2CCSCC2)[C@H]1c1ccc(F)c(F)c1. The molecule has 0 spiro atoms. The Kier molecular flexibility index (Phi) is 4.68. The van der Waals surface area contributed by atoms with Crippen LogP contribution < -0.4 is 5.32 Å². The van der Waals surface area contributed by atoms with E-state index < -0.39 is 11.6 Å². The van der Waals surface area contributed by atoms with Crippen LogP contribution in [0, 0.1) is 11.6 Å². The molecule has 2 heterocycles. The molecule has 3 nitrogen and oxygen atoms in total. The summed E-state index contributed by atoms with van der Waals surface area (Å²) in [4.78, 5) is 13.7. The number of nitrogens with zero attached hydrogens (tertiary/aromatic N) is 1. The van der Waals surface area contributed by atoms with E-state index in [2.05, 4.69) is 5.32 Å². The Hall–Kier alpha value is -1.14. The van der Waals surface area contributed by atoms with E-state index in [1.165, 1.54) is 6.07 Å². The summed E-state index contributed by atoms with van der Waals surface area (Å²) in [5.74, 6) is 0.577. The second-order valence-corrected chi connectivity index (χ2v) is 7.21. The fourth-order valence-electron chi connectivity index (χ4n) is 3.34. The lowest BCUT2D eigenvalue weighted by molar-refractivity contribution is -0.127. The first kappa shape index (κ1) is 15.7. The van der Waals surface area contributed by atoms with Gasteiger partial charge in [-0.2, -0.15) is 11.8 Å². The van der Waals surface area contributed by atoms with Gasteiger partial charge in [-0.05, 0) is 42.0 Å². The molecule has 22 heavy (non-hydrogen) atoms. The smallest absolute Gasteiger partial charge is 0.224 e. The minimum atomic E-state index is -0.863. The van der Waals surface area contributed by atoms with E-state index in [-0.39, 0.29) is 18.0 Å². The average molecular weight is 326 g/mol. The molecular formula is C16H20F2N2OS. The van der Waals surface area contributed by atoms with Crippen LogP contribution >= 0.6 is 11.8 Å². The van der Waals surface area contributed by atoms with Gasteiger partial charge in [-0.25, -0.2) is 8.78 Å². The number of amides is 1. The number of likely N-dealkylation sites (tertiary alicyclic amines) is 1. The zero-order valence-electron chi connectivity index (χ0n) is 12.5. The third-order valence-corrected chi connectivity index (χ3v) is 5.59. The molecule has 0 aliphatic carbocycles. The Morgan fingerprint density at radius 2 is 1.95 bits per heavy atom. The van der Waals surface area contributed by atoms with Crippen molar-refractivity contribution in [3.05, 3.63) is 35.4 Å². The summed E-state index contributed by atoms with van der Waals surface area (Å²) in [6.45, 7) is 0. The first-order chi connectivity index (χ1) is 10.6. The summed E-state index contributed by atoms with van der Waals surface area (Å²) >= 11 is 1.95. The molecule has 2 atom stereocenters. The van der Waals surface area contributed by atoms with Gasteiger partial charge >= 0.3 is 0 Å². The van der Waals surface area contributed by atoms with Crippen LogP contribution in [0.15, 0.2) is 18.2 Å². The first-order valence-corrected chi connectivity index (χ1v) is 8.76. The van der Waals surface area contributed by atoms with Gasteiger partial charge in [0.1, 0.15) is 0 Å².